The van der Waals surface area contributed by atoms with E-state index in [9.17, 15) is 18.8 Å². The number of carbonyl (C=O) groups excluding carboxylic acids is 3. The lowest BCUT2D eigenvalue weighted by molar-refractivity contribution is -0.151. The average molecular weight is 624 g/mol. The maximum Gasteiger partial charge on any atom is 0.410 e. The summed E-state index contributed by atoms with van der Waals surface area (Å²) < 4.78 is 25.0. The summed E-state index contributed by atoms with van der Waals surface area (Å²) in [6.45, 7) is 11.7. The van der Waals surface area contributed by atoms with E-state index in [1.165, 1.54) is 20.9 Å². The van der Waals surface area contributed by atoms with E-state index in [-0.39, 0.29) is 50.4 Å². The van der Waals surface area contributed by atoms with E-state index in [0.29, 0.717) is 36.1 Å². The molecular weight excluding hydrogens is 581 g/mol. The van der Waals surface area contributed by atoms with Gasteiger partial charge in [-0.3, -0.25) is 14.6 Å². The Labute approximate surface area is 263 Å². The van der Waals surface area contributed by atoms with Crippen molar-refractivity contribution in [2.24, 2.45) is 0 Å². The first-order valence-electron chi connectivity index (χ1n) is 14.9. The van der Waals surface area contributed by atoms with Crippen LogP contribution in [0.25, 0.3) is 11.4 Å². The summed E-state index contributed by atoms with van der Waals surface area (Å²) in [6.07, 6.45) is -0.500. The zero-order valence-electron chi connectivity index (χ0n) is 27.0. The molecule has 1 aromatic heterocycles. The number of anilines is 1. The number of amides is 3. The molecule has 0 bridgehead atoms. The summed E-state index contributed by atoms with van der Waals surface area (Å²) in [5.41, 5.74) is 3.02. The molecule has 1 N–H and O–H groups in total. The Morgan fingerprint density at radius 1 is 1.07 bits per heavy atom. The standard InChI is InChI=1S/C32H42FN7O5/c1-8-38(31(43)44-32(4,5)6)14-15-39(20-29(42)37(7)40-18-24-10-9-11-26(33)25(24)19-40)28(41)17-34-27-16-23(13-12-21(27)2)30-35-22(3)45-36-30/h9-13,16,34H,8,14-15,17-20H2,1-7H3. The van der Waals surface area contributed by atoms with Crippen molar-refractivity contribution in [3.8, 4) is 11.4 Å². The van der Waals surface area contributed by atoms with Crippen LogP contribution in [0.15, 0.2) is 40.9 Å². The van der Waals surface area contributed by atoms with Gasteiger partial charge in [0.15, 0.2) is 0 Å². The monoisotopic (exact) mass is 623 g/mol. The van der Waals surface area contributed by atoms with Gasteiger partial charge in [-0.25, -0.2) is 14.2 Å². The van der Waals surface area contributed by atoms with Crippen LogP contribution in [0.5, 0.6) is 0 Å². The minimum absolute atomic E-state index is 0.100. The Hall–Kier alpha value is -4.52. The second kappa shape index (κ2) is 14.1. The van der Waals surface area contributed by atoms with Crippen LogP contribution in [0.2, 0.25) is 0 Å². The Morgan fingerprint density at radius 2 is 1.80 bits per heavy atom. The largest absolute Gasteiger partial charge is 0.444 e. The van der Waals surface area contributed by atoms with E-state index in [1.807, 2.05) is 38.1 Å². The first-order valence-corrected chi connectivity index (χ1v) is 14.9. The molecule has 242 valence electrons. The fraction of sp³-hybridized carbons (Fsp3) is 0.469. The van der Waals surface area contributed by atoms with Crippen LogP contribution in [-0.2, 0) is 27.4 Å². The molecular formula is C32H42FN7O5. The first kappa shape index (κ1) is 33.4. The molecule has 0 saturated carbocycles. The molecule has 0 radical (unpaired) electrons. The zero-order chi connectivity index (χ0) is 32.9. The first-order chi connectivity index (χ1) is 21.3. The fourth-order valence-electron chi connectivity index (χ4n) is 4.89. The number of rotatable bonds is 11. The van der Waals surface area contributed by atoms with E-state index < -0.39 is 11.7 Å². The summed E-state index contributed by atoms with van der Waals surface area (Å²) in [4.78, 5) is 47.1. The van der Waals surface area contributed by atoms with Gasteiger partial charge in [0.05, 0.1) is 6.54 Å². The van der Waals surface area contributed by atoms with Crippen molar-refractivity contribution in [2.75, 3.05) is 45.1 Å². The third-order valence-corrected chi connectivity index (χ3v) is 7.50. The second-order valence-corrected chi connectivity index (χ2v) is 12.0. The number of carbonyl (C=O) groups is 3. The highest BCUT2D eigenvalue weighted by Crippen LogP contribution is 2.26. The number of ether oxygens (including phenoxy) is 1. The van der Waals surface area contributed by atoms with Crippen molar-refractivity contribution in [1.82, 2.24) is 30.0 Å². The van der Waals surface area contributed by atoms with Crippen molar-refractivity contribution in [3.63, 3.8) is 0 Å². The molecule has 3 aromatic rings. The minimum atomic E-state index is -0.679. The molecule has 0 atom stereocenters. The van der Waals surface area contributed by atoms with Crippen LogP contribution in [0.3, 0.4) is 0 Å². The highest BCUT2D eigenvalue weighted by atomic mass is 19.1. The molecule has 1 aliphatic heterocycles. The summed E-state index contributed by atoms with van der Waals surface area (Å²) in [5.74, 6) is -0.122. The molecule has 3 amide bonds. The highest BCUT2D eigenvalue weighted by molar-refractivity contribution is 5.87. The minimum Gasteiger partial charge on any atom is -0.444 e. The molecule has 1 aliphatic rings. The predicted octanol–water partition coefficient (Wildman–Crippen LogP) is 4.38. The molecule has 2 aromatic carbocycles. The SMILES string of the molecule is CCN(CCN(CC(=O)N(C)N1Cc2cccc(F)c2C1)C(=O)CNc1cc(-c2noc(C)n2)ccc1C)C(=O)OC(C)(C)C. The number of halogens is 1. The van der Waals surface area contributed by atoms with E-state index in [2.05, 4.69) is 15.5 Å². The van der Waals surface area contributed by atoms with E-state index in [1.54, 1.807) is 45.8 Å². The van der Waals surface area contributed by atoms with Gasteiger partial charge in [-0.2, -0.15) is 4.98 Å². The lowest BCUT2D eigenvalue weighted by Crippen LogP contribution is -2.50. The molecule has 0 unspecified atom stereocenters. The summed E-state index contributed by atoms with van der Waals surface area (Å²) in [7, 11) is 1.61. The van der Waals surface area contributed by atoms with Gasteiger partial charge >= 0.3 is 6.09 Å². The van der Waals surface area contributed by atoms with E-state index in [0.717, 1.165) is 16.7 Å². The molecule has 45 heavy (non-hydrogen) atoms. The third kappa shape index (κ3) is 8.56. The molecule has 12 nitrogen and oxygen atoms in total. The van der Waals surface area contributed by atoms with E-state index in [4.69, 9.17) is 9.26 Å². The number of aryl methyl sites for hydroxylation is 2. The summed E-state index contributed by atoms with van der Waals surface area (Å²) in [5, 5.41) is 10.3. The van der Waals surface area contributed by atoms with E-state index >= 15 is 0 Å². The maximum atomic E-state index is 14.4. The van der Waals surface area contributed by atoms with Gasteiger partial charge in [0.1, 0.15) is 18.0 Å². The number of nitrogens with zero attached hydrogens (tertiary/aromatic N) is 6. The second-order valence-electron chi connectivity index (χ2n) is 12.0. The maximum absolute atomic E-state index is 14.4. The molecule has 0 fully saturated rings. The van der Waals surface area contributed by atoms with Gasteiger partial charge < -0.3 is 24.4 Å². The zero-order valence-corrected chi connectivity index (χ0v) is 27.0. The van der Waals surface area contributed by atoms with Crippen molar-refractivity contribution < 1.29 is 28.0 Å². The summed E-state index contributed by atoms with van der Waals surface area (Å²) >= 11 is 0. The fourth-order valence-corrected chi connectivity index (χ4v) is 4.89. The van der Waals surface area contributed by atoms with Gasteiger partial charge in [-0.1, -0.05) is 29.4 Å². The number of likely N-dealkylation sites (N-methyl/N-ethyl adjacent to an activating group) is 2. The Balaban J connectivity index is 1.47. The smallest absolute Gasteiger partial charge is 0.410 e. The van der Waals surface area contributed by atoms with Gasteiger partial charge in [0, 0.05) is 63.5 Å². The lowest BCUT2D eigenvalue weighted by atomic mass is 10.1. The molecule has 4 rings (SSSR count). The number of nitrogens with one attached hydrogen (secondary N) is 1. The molecule has 0 spiro atoms. The van der Waals surface area contributed by atoms with Crippen molar-refractivity contribution in [2.45, 2.75) is 60.2 Å². The number of hydrazine groups is 1. The number of hydrogen-bond donors (Lipinski definition) is 1. The van der Waals surface area contributed by atoms with Crippen LogP contribution < -0.4 is 5.32 Å². The quantitative estimate of drug-likeness (QED) is 0.331. The topological polar surface area (TPSA) is 124 Å². The van der Waals surface area contributed by atoms with Gasteiger partial charge in [0.25, 0.3) is 5.91 Å². The molecule has 2 heterocycles. The highest BCUT2D eigenvalue weighted by Gasteiger charge is 2.29. The number of hydrogen-bond acceptors (Lipinski definition) is 9. The third-order valence-electron chi connectivity index (χ3n) is 7.50. The van der Waals surface area contributed by atoms with Gasteiger partial charge in [-0.05, 0) is 57.9 Å². The van der Waals surface area contributed by atoms with Gasteiger partial charge in [0.2, 0.25) is 17.6 Å². The number of benzene rings is 2. The van der Waals surface area contributed by atoms with Crippen LogP contribution >= 0.6 is 0 Å². The number of fused-ring (bicyclic) bond motifs is 1. The van der Waals surface area contributed by atoms with Crippen molar-refractivity contribution >= 4 is 23.6 Å². The van der Waals surface area contributed by atoms with Crippen LogP contribution in [0, 0.1) is 19.7 Å². The lowest BCUT2D eigenvalue weighted by Gasteiger charge is -2.32. The Morgan fingerprint density at radius 3 is 2.44 bits per heavy atom. The number of aromatic nitrogens is 2. The van der Waals surface area contributed by atoms with Crippen LogP contribution in [0.1, 0.15) is 50.3 Å². The normalized spacial score (nSPS) is 12.9. The molecule has 0 aliphatic carbocycles. The molecule has 0 saturated heterocycles. The Bertz CT molecular complexity index is 1540. The van der Waals surface area contributed by atoms with Crippen molar-refractivity contribution in [1.29, 1.82) is 0 Å². The predicted molar refractivity (Wildman–Crippen MR) is 166 cm³/mol. The van der Waals surface area contributed by atoms with Crippen LogP contribution in [0.4, 0.5) is 14.9 Å². The van der Waals surface area contributed by atoms with Gasteiger partial charge in [-0.15, -0.1) is 0 Å². The van der Waals surface area contributed by atoms with Crippen molar-refractivity contribution in [3.05, 3.63) is 64.8 Å². The van der Waals surface area contributed by atoms with Crippen LogP contribution in [-0.4, -0.2) is 93.2 Å². The summed E-state index contributed by atoms with van der Waals surface area (Å²) in [6, 6.07) is 10.5. The Kier molecular flexibility index (Phi) is 10.4. The molecule has 13 heteroatoms. The average Bonchev–Trinajstić information content (AvgIpc) is 3.62.